The van der Waals surface area contributed by atoms with Crippen LogP contribution >= 0.6 is 0 Å². The van der Waals surface area contributed by atoms with Crippen molar-refractivity contribution in [2.24, 2.45) is 0 Å². The number of rotatable bonds is 3. The summed E-state index contributed by atoms with van der Waals surface area (Å²) in [5.74, 6) is 0.0121. The Hall–Kier alpha value is -1.57. The molecule has 0 atom stereocenters. The first-order chi connectivity index (χ1) is 7.07. The van der Waals surface area contributed by atoms with Crippen molar-refractivity contribution >= 4 is 5.91 Å². The highest BCUT2D eigenvalue weighted by Crippen LogP contribution is 2.12. The zero-order valence-electron chi connectivity index (χ0n) is 9.53. The summed E-state index contributed by atoms with van der Waals surface area (Å²) in [6, 6.07) is 7.72. The summed E-state index contributed by atoms with van der Waals surface area (Å²) in [5, 5.41) is 0. The Morgan fingerprint density at radius 1 is 1.40 bits per heavy atom. The molecule has 0 saturated carbocycles. The predicted octanol–water partition coefficient (Wildman–Crippen LogP) is 2.99. The van der Waals surface area contributed by atoms with E-state index in [4.69, 9.17) is 0 Å². The van der Waals surface area contributed by atoms with Crippen LogP contribution in [0.2, 0.25) is 0 Å². The van der Waals surface area contributed by atoms with Crippen LogP contribution in [-0.2, 0) is 0 Å². The fourth-order valence-corrected chi connectivity index (χ4v) is 1.48. The highest BCUT2D eigenvalue weighted by Gasteiger charge is 2.16. The van der Waals surface area contributed by atoms with Crippen LogP contribution in [0.15, 0.2) is 37.0 Å². The molecule has 0 saturated heterocycles. The number of carbonyl (C=O) groups excluding carboxylic acids is 1. The minimum absolute atomic E-state index is 0.0121. The van der Waals surface area contributed by atoms with Crippen molar-refractivity contribution in [3.8, 4) is 0 Å². The SMILES string of the molecule is C=CN(C(=O)c1ccccc1C)C(C)C. The first-order valence-corrected chi connectivity index (χ1v) is 5.08. The van der Waals surface area contributed by atoms with Crippen molar-refractivity contribution in [1.82, 2.24) is 4.90 Å². The molecule has 0 spiro atoms. The normalized spacial score (nSPS) is 10.1. The highest BCUT2D eigenvalue weighted by atomic mass is 16.2. The van der Waals surface area contributed by atoms with Gasteiger partial charge in [0.15, 0.2) is 0 Å². The van der Waals surface area contributed by atoms with Gasteiger partial charge in [0, 0.05) is 17.8 Å². The van der Waals surface area contributed by atoms with Gasteiger partial charge in [0.25, 0.3) is 5.91 Å². The van der Waals surface area contributed by atoms with E-state index in [1.165, 1.54) is 0 Å². The van der Waals surface area contributed by atoms with Crippen LogP contribution < -0.4 is 0 Å². The molecule has 2 heteroatoms. The lowest BCUT2D eigenvalue weighted by Gasteiger charge is -2.23. The average molecular weight is 203 g/mol. The molecule has 0 fully saturated rings. The molecule has 0 unspecified atom stereocenters. The molecular formula is C13H17NO. The Balaban J connectivity index is 3.03. The fraction of sp³-hybridized carbons (Fsp3) is 0.308. The fourth-order valence-electron chi connectivity index (χ4n) is 1.48. The smallest absolute Gasteiger partial charge is 0.258 e. The topological polar surface area (TPSA) is 20.3 Å². The lowest BCUT2D eigenvalue weighted by Crippen LogP contribution is -2.32. The molecule has 0 aliphatic rings. The molecular weight excluding hydrogens is 186 g/mol. The largest absolute Gasteiger partial charge is 0.313 e. The van der Waals surface area contributed by atoms with Gasteiger partial charge in [-0.2, -0.15) is 0 Å². The van der Waals surface area contributed by atoms with E-state index >= 15 is 0 Å². The van der Waals surface area contributed by atoms with Gasteiger partial charge in [0.05, 0.1) is 0 Å². The van der Waals surface area contributed by atoms with Crippen molar-refractivity contribution < 1.29 is 4.79 Å². The zero-order chi connectivity index (χ0) is 11.4. The molecule has 1 aromatic rings. The minimum atomic E-state index is 0.0121. The van der Waals surface area contributed by atoms with E-state index in [1.54, 1.807) is 11.1 Å². The van der Waals surface area contributed by atoms with E-state index in [9.17, 15) is 4.79 Å². The van der Waals surface area contributed by atoms with Crippen LogP contribution in [0.3, 0.4) is 0 Å². The predicted molar refractivity (Wildman–Crippen MR) is 62.7 cm³/mol. The Morgan fingerprint density at radius 3 is 2.47 bits per heavy atom. The maximum atomic E-state index is 12.1. The van der Waals surface area contributed by atoms with E-state index in [1.807, 2.05) is 45.0 Å². The summed E-state index contributed by atoms with van der Waals surface area (Å²) < 4.78 is 0. The van der Waals surface area contributed by atoms with Gasteiger partial charge in [0.2, 0.25) is 0 Å². The van der Waals surface area contributed by atoms with Gasteiger partial charge in [0.1, 0.15) is 0 Å². The minimum Gasteiger partial charge on any atom is -0.313 e. The Bertz CT molecular complexity index is 369. The summed E-state index contributed by atoms with van der Waals surface area (Å²) in [6.45, 7) is 9.54. The summed E-state index contributed by atoms with van der Waals surface area (Å²) in [5.41, 5.74) is 1.74. The lowest BCUT2D eigenvalue weighted by atomic mass is 10.1. The molecule has 1 aromatic carbocycles. The van der Waals surface area contributed by atoms with E-state index in [2.05, 4.69) is 6.58 Å². The zero-order valence-corrected chi connectivity index (χ0v) is 9.53. The van der Waals surface area contributed by atoms with Crippen LogP contribution in [0.25, 0.3) is 0 Å². The summed E-state index contributed by atoms with van der Waals surface area (Å²) in [7, 11) is 0. The molecule has 15 heavy (non-hydrogen) atoms. The van der Waals surface area contributed by atoms with Crippen LogP contribution in [-0.4, -0.2) is 16.8 Å². The Labute approximate surface area is 91.2 Å². The second-order valence-electron chi connectivity index (χ2n) is 3.80. The van der Waals surface area contributed by atoms with E-state index in [0.29, 0.717) is 0 Å². The first kappa shape index (κ1) is 11.5. The van der Waals surface area contributed by atoms with Gasteiger partial charge in [-0.05, 0) is 32.4 Å². The van der Waals surface area contributed by atoms with Crippen LogP contribution in [0.5, 0.6) is 0 Å². The molecule has 0 aromatic heterocycles. The van der Waals surface area contributed by atoms with Crippen LogP contribution in [0.1, 0.15) is 29.8 Å². The van der Waals surface area contributed by atoms with Crippen molar-refractivity contribution in [2.45, 2.75) is 26.8 Å². The average Bonchev–Trinajstić information content (AvgIpc) is 2.18. The second kappa shape index (κ2) is 4.78. The van der Waals surface area contributed by atoms with Gasteiger partial charge in [-0.3, -0.25) is 4.79 Å². The van der Waals surface area contributed by atoms with E-state index in [-0.39, 0.29) is 11.9 Å². The summed E-state index contributed by atoms with van der Waals surface area (Å²) in [6.07, 6.45) is 1.58. The monoisotopic (exact) mass is 203 g/mol. The molecule has 2 nitrogen and oxygen atoms in total. The molecule has 0 N–H and O–H groups in total. The van der Waals surface area contributed by atoms with Gasteiger partial charge in [-0.15, -0.1) is 0 Å². The van der Waals surface area contributed by atoms with Gasteiger partial charge < -0.3 is 4.90 Å². The van der Waals surface area contributed by atoms with Crippen LogP contribution in [0, 0.1) is 6.92 Å². The first-order valence-electron chi connectivity index (χ1n) is 5.08. The molecule has 80 valence electrons. The summed E-state index contributed by atoms with van der Waals surface area (Å²) >= 11 is 0. The molecule has 0 radical (unpaired) electrons. The number of nitrogens with zero attached hydrogens (tertiary/aromatic N) is 1. The number of aryl methyl sites for hydroxylation is 1. The molecule has 1 amide bonds. The molecule has 0 bridgehead atoms. The van der Waals surface area contributed by atoms with Crippen LogP contribution in [0.4, 0.5) is 0 Å². The standard InChI is InChI=1S/C13H17NO/c1-5-14(10(2)3)13(15)12-9-7-6-8-11(12)4/h5-10H,1H2,2-4H3. The van der Waals surface area contributed by atoms with E-state index < -0.39 is 0 Å². The number of hydrogen-bond acceptors (Lipinski definition) is 1. The molecule has 0 aliphatic heterocycles. The lowest BCUT2D eigenvalue weighted by molar-refractivity contribution is 0.0788. The second-order valence-corrected chi connectivity index (χ2v) is 3.80. The van der Waals surface area contributed by atoms with E-state index in [0.717, 1.165) is 11.1 Å². The summed E-state index contributed by atoms with van der Waals surface area (Å²) in [4.78, 5) is 13.7. The molecule has 1 rings (SSSR count). The molecule has 0 aliphatic carbocycles. The van der Waals surface area contributed by atoms with Gasteiger partial charge in [-0.25, -0.2) is 0 Å². The molecule has 0 heterocycles. The van der Waals surface area contributed by atoms with Crippen molar-refractivity contribution in [2.75, 3.05) is 0 Å². The number of carbonyl (C=O) groups is 1. The third kappa shape index (κ3) is 2.46. The number of amides is 1. The van der Waals surface area contributed by atoms with Crippen molar-refractivity contribution in [1.29, 1.82) is 0 Å². The number of hydrogen-bond donors (Lipinski definition) is 0. The van der Waals surface area contributed by atoms with Gasteiger partial charge in [-0.1, -0.05) is 24.8 Å². The highest BCUT2D eigenvalue weighted by molar-refractivity contribution is 5.96. The quantitative estimate of drug-likeness (QED) is 0.739. The maximum absolute atomic E-state index is 12.1. The Morgan fingerprint density at radius 2 is 2.00 bits per heavy atom. The van der Waals surface area contributed by atoms with Gasteiger partial charge >= 0.3 is 0 Å². The third-order valence-corrected chi connectivity index (χ3v) is 2.36. The number of benzene rings is 1. The third-order valence-electron chi connectivity index (χ3n) is 2.36. The van der Waals surface area contributed by atoms with Crippen molar-refractivity contribution in [3.63, 3.8) is 0 Å². The maximum Gasteiger partial charge on any atom is 0.258 e. The van der Waals surface area contributed by atoms with Crippen molar-refractivity contribution in [3.05, 3.63) is 48.2 Å². The Kier molecular flexibility index (Phi) is 3.67.